The van der Waals surface area contributed by atoms with Gasteiger partial charge in [-0.15, -0.1) is 0 Å². The van der Waals surface area contributed by atoms with Crippen molar-refractivity contribution in [3.8, 4) is 0 Å². The molecule has 0 spiro atoms. The Balaban J connectivity index is 1.73. The normalized spacial score (nSPS) is 23.7. The molecule has 0 bridgehead atoms. The lowest BCUT2D eigenvalue weighted by Gasteiger charge is -2.09. The van der Waals surface area contributed by atoms with E-state index in [2.05, 4.69) is 17.1 Å². The Morgan fingerprint density at radius 2 is 1.94 bits per heavy atom. The van der Waals surface area contributed by atoms with Crippen LogP contribution in [0.2, 0.25) is 5.02 Å². The molecule has 0 amide bonds. The van der Waals surface area contributed by atoms with Gasteiger partial charge in [-0.2, -0.15) is 0 Å². The quantitative estimate of drug-likeness (QED) is 0.914. The van der Waals surface area contributed by atoms with Gasteiger partial charge in [0, 0.05) is 6.20 Å². The summed E-state index contributed by atoms with van der Waals surface area (Å²) in [6, 6.07) is 13.9. The highest BCUT2D eigenvalue weighted by atomic mass is 35.5. The molecule has 1 aliphatic rings. The molecule has 92 valence electrons. The van der Waals surface area contributed by atoms with Crippen molar-refractivity contribution < 1.29 is 5.11 Å². The topological polar surface area (TPSA) is 33.1 Å². The van der Waals surface area contributed by atoms with Crippen molar-refractivity contribution in [2.24, 2.45) is 5.92 Å². The molecule has 1 aliphatic carbocycles. The van der Waals surface area contributed by atoms with E-state index in [0.717, 1.165) is 6.42 Å². The molecule has 2 nitrogen and oxygen atoms in total. The van der Waals surface area contributed by atoms with Crippen LogP contribution in [0.15, 0.2) is 48.7 Å². The fourth-order valence-corrected chi connectivity index (χ4v) is 2.54. The third kappa shape index (κ3) is 2.26. The Kier molecular flexibility index (Phi) is 3.06. The van der Waals surface area contributed by atoms with E-state index in [-0.39, 0.29) is 5.92 Å². The molecule has 0 radical (unpaired) electrons. The van der Waals surface area contributed by atoms with Gasteiger partial charge in [0.15, 0.2) is 0 Å². The zero-order valence-electron chi connectivity index (χ0n) is 9.83. The van der Waals surface area contributed by atoms with Crippen molar-refractivity contribution in [2.75, 3.05) is 0 Å². The van der Waals surface area contributed by atoms with Gasteiger partial charge in [0.25, 0.3) is 0 Å². The molecule has 1 aromatic carbocycles. The summed E-state index contributed by atoms with van der Waals surface area (Å²) in [5.41, 5.74) is 2.01. The number of benzene rings is 1. The molecule has 3 rings (SSSR count). The zero-order chi connectivity index (χ0) is 12.5. The number of nitrogens with zero attached hydrogens (tertiary/aromatic N) is 1. The lowest BCUT2D eigenvalue weighted by atomic mass is 10.0. The van der Waals surface area contributed by atoms with Crippen molar-refractivity contribution in [1.82, 2.24) is 4.98 Å². The number of aromatic nitrogens is 1. The number of pyridine rings is 1. The van der Waals surface area contributed by atoms with Crippen LogP contribution in [0.4, 0.5) is 0 Å². The first-order valence-electron chi connectivity index (χ1n) is 6.10. The molecule has 3 heteroatoms. The Labute approximate surface area is 111 Å². The monoisotopic (exact) mass is 259 g/mol. The Morgan fingerprint density at radius 1 is 1.17 bits per heavy atom. The van der Waals surface area contributed by atoms with Gasteiger partial charge in [-0.25, -0.2) is 0 Å². The van der Waals surface area contributed by atoms with E-state index in [1.807, 2.05) is 18.2 Å². The van der Waals surface area contributed by atoms with Gasteiger partial charge in [-0.1, -0.05) is 41.9 Å². The van der Waals surface area contributed by atoms with Gasteiger partial charge in [0.05, 0.1) is 16.8 Å². The first-order valence-corrected chi connectivity index (χ1v) is 6.48. The second-order valence-electron chi connectivity index (χ2n) is 4.76. The summed E-state index contributed by atoms with van der Waals surface area (Å²) in [5, 5.41) is 10.9. The number of rotatable bonds is 3. The Bertz CT molecular complexity index is 526. The van der Waals surface area contributed by atoms with Crippen molar-refractivity contribution in [3.05, 3.63) is 64.9 Å². The fraction of sp³-hybridized carbons (Fsp3) is 0.267. The highest BCUT2D eigenvalue weighted by Gasteiger charge is 2.44. The number of halogens is 1. The lowest BCUT2D eigenvalue weighted by Crippen LogP contribution is -2.03. The second kappa shape index (κ2) is 4.71. The van der Waals surface area contributed by atoms with Gasteiger partial charge in [0.2, 0.25) is 0 Å². The molecule has 3 unspecified atom stereocenters. The minimum absolute atomic E-state index is 0.279. The van der Waals surface area contributed by atoms with Crippen LogP contribution in [0, 0.1) is 5.92 Å². The number of hydrogen-bond donors (Lipinski definition) is 1. The summed E-state index contributed by atoms with van der Waals surface area (Å²) < 4.78 is 0. The van der Waals surface area contributed by atoms with Crippen LogP contribution >= 0.6 is 11.6 Å². The van der Waals surface area contributed by atoms with Gasteiger partial charge < -0.3 is 5.11 Å². The summed E-state index contributed by atoms with van der Waals surface area (Å²) in [5.74, 6) is 0.736. The molecule has 2 aromatic rings. The van der Waals surface area contributed by atoms with Crippen LogP contribution in [-0.2, 0) is 0 Å². The molecule has 0 aliphatic heterocycles. The maximum atomic E-state index is 10.3. The van der Waals surface area contributed by atoms with E-state index in [4.69, 9.17) is 11.6 Å². The predicted molar refractivity (Wildman–Crippen MR) is 71.5 cm³/mol. The average molecular weight is 260 g/mol. The molecule has 1 N–H and O–H groups in total. The number of hydrogen-bond acceptors (Lipinski definition) is 2. The first kappa shape index (κ1) is 11.7. The van der Waals surface area contributed by atoms with Crippen LogP contribution < -0.4 is 0 Å². The molecule has 1 aromatic heterocycles. The number of aliphatic hydroxyl groups is 1. The van der Waals surface area contributed by atoms with Gasteiger partial charge in [-0.05, 0) is 36.0 Å². The molecule has 1 fully saturated rings. The van der Waals surface area contributed by atoms with Crippen LogP contribution in [0.25, 0.3) is 0 Å². The summed E-state index contributed by atoms with van der Waals surface area (Å²) in [4.78, 5) is 4.19. The van der Waals surface area contributed by atoms with E-state index < -0.39 is 6.10 Å². The summed E-state index contributed by atoms with van der Waals surface area (Å²) in [6.07, 6.45) is 2.11. The lowest BCUT2D eigenvalue weighted by molar-refractivity contribution is 0.146. The van der Waals surface area contributed by atoms with Crippen LogP contribution in [0.5, 0.6) is 0 Å². The van der Waals surface area contributed by atoms with E-state index in [1.165, 1.54) is 5.56 Å². The van der Waals surface area contributed by atoms with Gasteiger partial charge in [-0.3, -0.25) is 4.98 Å². The SMILES string of the molecule is OC(c1ccc(Cl)cn1)C1CC1c1ccccc1. The van der Waals surface area contributed by atoms with Crippen molar-refractivity contribution in [1.29, 1.82) is 0 Å². The zero-order valence-corrected chi connectivity index (χ0v) is 10.6. The molecule has 18 heavy (non-hydrogen) atoms. The van der Waals surface area contributed by atoms with Crippen molar-refractivity contribution >= 4 is 11.6 Å². The minimum atomic E-state index is -0.493. The van der Waals surface area contributed by atoms with Gasteiger partial charge >= 0.3 is 0 Å². The Morgan fingerprint density at radius 3 is 2.61 bits per heavy atom. The average Bonchev–Trinajstić information content (AvgIpc) is 3.20. The minimum Gasteiger partial charge on any atom is -0.386 e. The van der Waals surface area contributed by atoms with Crippen molar-refractivity contribution in [3.63, 3.8) is 0 Å². The maximum absolute atomic E-state index is 10.3. The summed E-state index contributed by atoms with van der Waals surface area (Å²) in [6.45, 7) is 0. The summed E-state index contributed by atoms with van der Waals surface area (Å²) >= 11 is 5.79. The van der Waals surface area contributed by atoms with E-state index in [1.54, 1.807) is 18.3 Å². The number of aliphatic hydroxyl groups excluding tert-OH is 1. The largest absolute Gasteiger partial charge is 0.386 e. The highest BCUT2D eigenvalue weighted by molar-refractivity contribution is 6.30. The van der Waals surface area contributed by atoms with E-state index in [9.17, 15) is 5.11 Å². The molecule has 0 saturated heterocycles. The van der Waals surface area contributed by atoms with Crippen molar-refractivity contribution in [2.45, 2.75) is 18.4 Å². The smallest absolute Gasteiger partial charge is 0.0993 e. The third-order valence-corrected chi connectivity index (χ3v) is 3.75. The van der Waals surface area contributed by atoms with E-state index >= 15 is 0 Å². The predicted octanol–water partition coefficient (Wildman–Crippen LogP) is 3.57. The maximum Gasteiger partial charge on any atom is 0.0993 e. The van der Waals surface area contributed by atoms with Crippen LogP contribution in [-0.4, -0.2) is 10.1 Å². The fourth-order valence-electron chi connectivity index (χ4n) is 2.43. The summed E-state index contributed by atoms with van der Waals surface area (Å²) in [7, 11) is 0. The first-order chi connectivity index (χ1) is 8.75. The Hall–Kier alpha value is -1.38. The standard InChI is InChI=1S/C15H14ClNO/c16-11-6-7-14(17-9-11)15(18)13-8-12(13)10-4-2-1-3-5-10/h1-7,9,12-13,15,18H,8H2. The molecule has 1 heterocycles. The van der Waals surface area contributed by atoms with Crippen LogP contribution in [0.3, 0.4) is 0 Å². The van der Waals surface area contributed by atoms with E-state index in [0.29, 0.717) is 16.6 Å². The highest BCUT2D eigenvalue weighted by Crippen LogP contribution is 2.53. The third-order valence-electron chi connectivity index (χ3n) is 3.53. The molecular formula is C15H14ClNO. The van der Waals surface area contributed by atoms with Crippen LogP contribution in [0.1, 0.15) is 29.7 Å². The molecule has 3 atom stereocenters. The second-order valence-corrected chi connectivity index (χ2v) is 5.20. The van der Waals surface area contributed by atoms with Gasteiger partial charge in [0.1, 0.15) is 0 Å². The molecular weight excluding hydrogens is 246 g/mol. The molecule has 1 saturated carbocycles.